The second kappa shape index (κ2) is 9.21. The summed E-state index contributed by atoms with van der Waals surface area (Å²) in [6.07, 6.45) is 6.91. The predicted molar refractivity (Wildman–Crippen MR) is 143 cm³/mol. The first kappa shape index (κ1) is 23.2. The number of pyridine rings is 2. The molecule has 182 valence electrons. The normalized spacial score (nSPS) is 12.0. The number of aromatic amines is 2. The number of anilines is 2. The average molecular weight is 484 g/mol. The van der Waals surface area contributed by atoms with E-state index in [-0.39, 0.29) is 6.04 Å². The monoisotopic (exact) mass is 483 g/mol. The molecule has 0 saturated heterocycles. The number of nitrogens with one attached hydrogen (secondary N) is 3. The third kappa shape index (κ3) is 4.17. The number of H-pyrrole nitrogens is 2. The maximum atomic E-state index is 16.0. The number of benzene rings is 1. The fourth-order valence-corrected chi connectivity index (χ4v) is 4.15. The molecule has 4 aromatic heterocycles. The standard InChI is InChI=1S/C26H26FN9/c1-14(2)31-17-10-16(11-29-12-17)18-6-7-19-21(22(18)27)24(35-34-19)26-32-23-20(8-9-30-25(23)33-26)36(5)13-15(3)28-4/h6-14,31H,4H2,1-3,5H3,(H,34,35)(H,30,32,33)/b15-13-. The van der Waals surface area contributed by atoms with Crippen LogP contribution < -0.4 is 10.2 Å². The molecule has 0 bridgehead atoms. The molecule has 10 heteroatoms. The predicted octanol–water partition coefficient (Wildman–Crippen LogP) is 5.52. The highest BCUT2D eigenvalue weighted by atomic mass is 19.1. The van der Waals surface area contributed by atoms with E-state index in [1.54, 1.807) is 24.7 Å². The quantitative estimate of drug-likeness (QED) is 0.263. The van der Waals surface area contributed by atoms with Gasteiger partial charge in [0, 0.05) is 49.0 Å². The molecule has 36 heavy (non-hydrogen) atoms. The van der Waals surface area contributed by atoms with Gasteiger partial charge in [0.2, 0.25) is 0 Å². The summed E-state index contributed by atoms with van der Waals surface area (Å²) >= 11 is 0. The molecular weight excluding hydrogens is 457 g/mol. The van der Waals surface area contributed by atoms with E-state index in [1.807, 2.05) is 57.1 Å². The highest BCUT2D eigenvalue weighted by molar-refractivity contribution is 5.97. The Kier molecular flexibility index (Phi) is 5.93. The van der Waals surface area contributed by atoms with Crippen molar-refractivity contribution in [3.8, 4) is 22.6 Å². The molecule has 9 nitrogen and oxygen atoms in total. The molecule has 0 unspecified atom stereocenters. The van der Waals surface area contributed by atoms with Crippen molar-refractivity contribution < 1.29 is 4.39 Å². The van der Waals surface area contributed by atoms with Gasteiger partial charge in [-0.05, 0) is 51.8 Å². The number of hydrogen-bond donors (Lipinski definition) is 3. The summed E-state index contributed by atoms with van der Waals surface area (Å²) in [6.45, 7) is 9.49. The third-order valence-corrected chi connectivity index (χ3v) is 5.77. The molecule has 0 atom stereocenters. The minimum Gasteiger partial charge on any atom is -0.382 e. The Balaban J connectivity index is 1.62. The summed E-state index contributed by atoms with van der Waals surface area (Å²) in [5.41, 5.74) is 5.63. The van der Waals surface area contributed by atoms with Crippen LogP contribution in [0.5, 0.6) is 0 Å². The molecule has 0 radical (unpaired) electrons. The molecule has 0 aliphatic carbocycles. The molecule has 0 aliphatic heterocycles. The van der Waals surface area contributed by atoms with Crippen molar-refractivity contribution in [2.45, 2.75) is 26.8 Å². The number of aliphatic imine (C=N–C) groups is 1. The minimum atomic E-state index is -0.402. The van der Waals surface area contributed by atoms with E-state index >= 15 is 4.39 Å². The van der Waals surface area contributed by atoms with E-state index in [9.17, 15) is 0 Å². The molecule has 3 N–H and O–H groups in total. The number of rotatable bonds is 7. The highest BCUT2D eigenvalue weighted by Crippen LogP contribution is 2.35. The van der Waals surface area contributed by atoms with Gasteiger partial charge in [-0.15, -0.1) is 0 Å². The summed E-state index contributed by atoms with van der Waals surface area (Å²) < 4.78 is 16.0. The van der Waals surface area contributed by atoms with Gasteiger partial charge >= 0.3 is 0 Å². The second-order valence-electron chi connectivity index (χ2n) is 8.84. The van der Waals surface area contributed by atoms with E-state index in [0.717, 1.165) is 17.1 Å². The van der Waals surface area contributed by atoms with Crippen molar-refractivity contribution in [1.82, 2.24) is 30.1 Å². The maximum absolute atomic E-state index is 16.0. The Labute approximate surface area is 207 Å². The Bertz CT molecular complexity index is 1610. The van der Waals surface area contributed by atoms with Crippen LogP contribution >= 0.6 is 0 Å². The lowest BCUT2D eigenvalue weighted by atomic mass is 10.0. The van der Waals surface area contributed by atoms with Crippen LogP contribution in [0.4, 0.5) is 15.8 Å². The van der Waals surface area contributed by atoms with Gasteiger partial charge in [0.15, 0.2) is 11.5 Å². The lowest BCUT2D eigenvalue weighted by molar-refractivity contribution is 0.643. The Morgan fingerprint density at radius 3 is 2.86 bits per heavy atom. The lowest BCUT2D eigenvalue weighted by Crippen LogP contribution is -2.09. The van der Waals surface area contributed by atoms with Gasteiger partial charge in [-0.25, -0.2) is 14.4 Å². The number of nitrogens with zero attached hydrogens (tertiary/aromatic N) is 6. The van der Waals surface area contributed by atoms with Crippen LogP contribution in [-0.2, 0) is 0 Å². The molecule has 5 aromatic rings. The summed E-state index contributed by atoms with van der Waals surface area (Å²) in [7, 11) is 1.89. The zero-order valence-electron chi connectivity index (χ0n) is 20.5. The number of halogens is 1. The third-order valence-electron chi connectivity index (χ3n) is 5.77. The Morgan fingerprint density at radius 2 is 2.08 bits per heavy atom. The van der Waals surface area contributed by atoms with E-state index in [0.29, 0.717) is 44.7 Å². The van der Waals surface area contributed by atoms with Crippen molar-refractivity contribution in [3.63, 3.8) is 0 Å². The maximum Gasteiger partial charge on any atom is 0.161 e. The zero-order valence-corrected chi connectivity index (χ0v) is 20.5. The lowest BCUT2D eigenvalue weighted by Gasteiger charge is -2.14. The van der Waals surface area contributed by atoms with Gasteiger partial charge in [-0.3, -0.25) is 15.1 Å². The Hall–Kier alpha value is -4.60. The van der Waals surface area contributed by atoms with Gasteiger partial charge in [-0.2, -0.15) is 5.10 Å². The van der Waals surface area contributed by atoms with Crippen LogP contribution in [0.3, 0.4) is 0 Å². The van der Waals surface area contributed by atoms with Crippen molar-refractivity contribution in [3.05, 3.63) is 60.6 Å². The second-order valence-corrected chi connectivity index (χ2v) is 8.84. The van der Waals surface area contributed by atoms with Crippen LogP contribution in [0.2, 0.25) is 0 Å². The fraction of sp³-hybridized carbons (Fsp3) is 0.192. The van der Waals surface area contributed by atoms with Crippen molar-refractivity contribution in [2.24, 2.45) is 4.99 Å². The van der Waals surface area contributed by atoms with Gasteiger partial charge < -0.3 is 15.2 Å². The number of fused-ring (bicyclic) bond motifs is 2. The van der Waals surface area contributed by atoms with Gasteiger partial charge in [0.25, 0.3) is 0 Å². The fourth-order valence-electron chi connectivity index (χ4n) is 4.15. The minimum absolute atomic E-state index is 0.230. The average Bonchev–Trinajstić information content (AvgIpc) is 3.48. The molecule has 5 rings (SSSR count). The summed E-state index contributed by atoms with van der Waals surface area (Å²) in [5, 5.41) is 11.0. The molecule has 1 aromatic carbocycles. The number of allylic oxidation sites excluding steroid dienone is 1. The van der Waals surface area contributed by atoms with E-state index in [2.05, 4.69) is 42.2 Å². The van der Waals surface area contributed by atoms with Gasteiger partial charge in [-0.1, -0.05) is 0 Å². The first-order valence-electron chi connectivity index (χ1n) is 11.5. The molecule has 0 spiro atoms. The smallest absolute Gasteiger partial charge is 0.161 e. The van der Waals surface area contributed by atoms with Gasteiger partial charge in [0.1, 0.15) is 17.0 Å². The number of imidazole rings is 1. The number of aromatic nitrogens is 6. The Morgan fingerprint density at radius 1 is 1.25 bits per heavy atom. The number of hydrogen-bond acceptors (Lipinski definition) is 7. The van der Waals surface area contributed by atoms with Crippen LogP contribution in [0.1, 0.15) is 20.8 Å². The molecular formula is C26H26FN9. The van der Waals surface area contributed by atoms with Crippen molar-refractivity contribution in [2.75, 3.05) is 17.3 Å². The summed E-state index contributed by atoms with van der Waals surface area (Å²) in [5.74, 6) is 0.0117. The van der Waals surface area contributed by atoms with Crippen LogP contribution in [0.25, 0.3) is 44.7 Å². The largest absolute Gasteiger partial charge is 0.382 e. The van der Waals surface area contributed by atoms with Crippen LogP contribution in [-0.4, -0.2) is 49.9 Å². The molecule has 0 fully saturated rings. The highest BCUT2D eigenvalue weighted by Gasteiger charge is 2.21. The van der Waals surface area contributed by atoms with Gasteiger partial charge in [0.05, 0.1) is 28.0 Å². The van der Waals surface area contributed by atoms with Crippen molar-refractivity contribution >= 4 is 40.2 Å². The molecule has 4 heterocycles. The molecule has 0 amide bonds. The van der Waals surface area contributed by atoms with E-state index < -0.39 is 5.82 Å². The van der Waals surface area contributed by atoms with Crippen LogP contribution in [0, 0.1) is 5.82 Å². The van der Waals surface area contributed by atoms with E-state index in [4.69, 9.17) is 4.98 Å². The van der Waals surface area contributed by atoms with E-state index in [1.165, 1.54) is 0 Å². The summed E-state index contributed by atoms with van der Waals surface area (Å²) in [4.78, 5) is 22.5. The molecule has 0 aliphatic rings. The first-order chi connectivity index (χ1) is 17.4. The zero-order chi connectivity index (χ0) is 25.4. The topological polar surface area (TPSA) is 111 Å². The SMILES string of the molecule is C=N/C(C)=C\N(C)c1ccnc2[nH]c(-c3n[nH]c4ccc(-c5cncc(NC(C)C)c5)c(F)c34)nc12. The van der Waals surface area contributed by atoms with Crippen LogP contribution in [0.15, 0.2) is 59.7 Å². The molecule has 0 saturated carbocycles. The first-order valence-corrected chi connectivity index (χ1v) is 11.5. The summed E-state index contributed by atoms with van der Waals surface area (Å²) in [6, 6.07) is 7.51. The van der Waals surface area contributed by atoms with Crippen molar-refractivity contribution in [1.29, 1.82) is 0 Å².